The number of nitrogens with zero attached hydrogens (tertiary/aromatic N) is 2. The third-order valence-corrected chi connectivity index (χ3v) is 4.78. The van der Waals surface area contributed by atoms with Gasteiger partial charge in [0.15, 0.2) is 0 Å². The van der Waals surface area contributed by atoms with Gasteiger partial charge in [-0.1, -0.05) is 66.7 Å². The minimum absolute atomic E-state index is 0.193. The monoisotopic (exact) mass is 366 g/mol. The average Bonchev–Trinajstić information content (AvgIpc) is 3.33. The number of carbonyl (C=O) groups is 2. The highest BCUT2D eigenvalue weighted by atomic mass is 16.2. The Morgan fingerprint density at radius 3 is 2.46 bits per heavy atom. The van der Waals surface area contributed by atoms with Crippen LogP contribution in [-0.2, 0) is 0 Å². The molecule has 0 fully saturated rings. The highest BCUT2D eigenvalue weighted by Crippen LogP contribution is 2.30. The lowest BCUT2D eigenvalue weighted by atomic mass is 10.1. The number of carbonyl (C=O) groups excluding carboxylic acids is 2. The molecule has 6 heteroatoms. The molecule has 0 saturated heterocycles. The zero-order chi connectivity index (χ0) is 19.1. The minimum atomic E-state index is -0.460. The predicted octanol–water partition coefficient (Wildman–Crippen LogP) is 3.56. The third-order valence-electron chi connectivity index (χ3n) is 4.78. The smallest absolute Gasteiger partial charge is 0.287 e. The molecule has 0 radical (unpaired) electrons. The molecular weight excluding hydrogens is 352 g/mol. The van der Waals surface area contributed by atoms with Crippen molar-refractivity contribution in [3.05, 3.63) is 89.6 Å². The molecule has 0 unspecified atom stereocenters. The van der Waals surface area contributed by atoms with Crippen LogP contribution in [-0.4, -0.2) is 27.6 Å². The Labute approximate surface area is 159 Å². The summed E-state index contributed by atoms with van der Waals surface area (Å²) in [7, 11) is 0. The molecule has 0 spiro atoms. The van der Waals surface area contributed by atoms with Crippen molar-refractivity contribution >= 4 is 28.2 Å². The van der Waals surface area contributed by atoms with Crippen LogP contribution in [0.4, 0.5) is 0 Å². The molecule has 0 saturated carbocycles. The Kier molecular flexibility index (Phi) is 3.62. The van der Waals surface area contributed by atoms with Crippen molar-refractivity contribution in [2.45, 2.75) is 0 Å². The van der Waals surface area contributed by atoms with Gasteiger partial charge in [0, 0.05) is 22.1 Å². The first kappa shape index (κ1) is 16.1. The van der Waals surface area contributed by atoms with E-state index in [-0.39, 0.29) is 17.2 Å². The van der Waals surface area contributed by atoms with Gasteiger partial charge in [-0.3, -0.25) is 14.7 Å². The van der Waals surface area contributed by atoms with E-state index in [1.165, 1.54) is 0 Å². The molecule has 1 amide bonds. The number of hydrazone groups is 1. The Bertz CT molecular complexity index is 1270. The number of aromatic nitrogens is 2. The van der Waals surface area contributed by atoms with Gasteiger partial charge in [-0.2, -0.15) is 10.2 Å². The number of Topliss-reactive ketones (excluding diaryl/α,β-unsaturated/α-hetero) is 1. The van der Waals surface area contributed by atoms with Crippen LogP contribution >= 0.6 is 0 Å². The number of aromatic amines is 1. The van der Waals surface area contributed by atoms with Gasteiger partial charge in [0.05, 0.1) is 5.69 Å². The molecular formula is C22H14N4O2. The maximum atomic E-state index is 12.7. The molecule has 0 atom stereocenters. The highest BCUT2D eigenvalue weighted by molar-refractivity contribution is 6.59. The summed E-state index contributed by atoms with van der Waals surface area (Å²) in [6, 6.07) is 22.4. The second-order valence-electron chi connectivity index (χ2n) is 6.47. The second kappa shape index (κ2) is 6.28. The van der Waals surface area contributed by atoms with Gasteiger partial charge < -0.3 is 0 Å². The van der Waals surface area contributed by atoms with E-state index in [0.717, 1.165) is 21.9 Å². The number of nitrogens with one attached hydrogen (secondary N) is 2. The SMILES string of the molecule is O=C(N/N=C1\C(=O)c2cccc3cccc1c23)c1cc(-c2ccccc2)n[nH]1. The summed E-state index contributed by atoms with van der Waals surface area (Å²) in [5.74, 6) is -0.653. The fraction of sp³-hybridized carbons (Fsp3) is 0. The Hall–Kier alpha value is -4.06. The van der Waals surface area contributed by atoms with E-state index < -0.39 is 5.91 Å². The number of amides is 1. The fourth-order valence-corrected chi connectivity index (χ4v) is 3.45. The first-order chi connectivity index (χ1) is 13.7. The predicted molar refractivity (Wildman–Crippen MR) is 106 cm³/mol. The highest BCUT2D eigenvalue weighted by Gasteiger charge is 2.29. The van der Waals surface area contributed by atoms with Crippen LogP contribution in [0.3, 0.4) is 0 Å². The van der Waals surface area contributed by atoms with E-state index in [4.69, 9.17) is 0 Å². The molecule has 1 aliphatic carbocycles. The number of ketones is 1. The third kappa shape index (κ3) is 2.51. The van der Waals surface area contributed by atoms with Crippen molar-refractivity contribution in [3.63, 3.8) is 0 Å². The lowest BCUT2D eigenvalue weighted by Crippen LogP contribution is -2.22. The lowest BCUT2D eigenvalue weighted by molar-refractivity contribution is 0.0950. The summed E-state index contributed by atoms with van der Waals surface area (Å²) in [5.41, 5.74) is 5.87. The van der Waals surface area contributed by atoms with E-state index in [9.17, 15) is 9.59 Å². The van der Waals surface area contributed by atoms with Crippen molar-refractivity contribution in [2.24, 2.45) is 5.10 Å². The maximum absolute atomic E-state index is 12.7. The minimum Gasteiger partial charge on any atom is -0.287 e. The molecule has 6 nitrogen and oxygen atoms in total. The normalized spacial score (nSPS) is 14.0. The summed E-state index contributed by atoms with van der Waals surface area (Å²) in [6.07, 6.45) is 0. The number of hydrogen-bond acceptors (Lipinski definition) is 4. The first-order valence-electron chi connectivity index (χ1n) is 8.78. The largest absolute Gasteiger partial charge is 0.289 e. The van der Waals surface area contributed by atoms with Crippen molar-refractivity contribution in [1.82, 2.24) is 15.6 Å². The molecule has 1 heterocycles. The van der Waals surface area contributed by atoms with Gasteiger partial charge in [0.25, 0.3) is 5.91 Å². The van der Waals surface area contributed by atoms with Crippen LogP contribution in [0.5, 0.6) is 0 Å². The van der Waals surface area contributed by atoms with E-state index >= 15 is 0 Å². The second-order valence-corrected chi connectivity index (χ2v) is 6.47. The van der Waals surface area contributed by atoms with E-state index in [1.54, 1.807) is 12.1 Å². The zero-order valence-electron chi connectivity index (χ0n) is 14.6. The van der Waals surface area contributed by atoms with Crippen LogP contribution in [0.1, 0.15) is 26.4 Å². The van der Waals surface area contributed by atoms with Gasteiger partial charge in [-0.15, -0.1) is 0 Å². The van der Waals surface area contributed by atoms with Crippen molar-refractivity contribution in [1.29, 1.82) is 0 Å². The first-order valence-corrected chi connectivity index (χ1v) is 8.78. The standard InChI is InChI=1S/C22H14N4O2/c27-21-16-11-5-9-14-8-4-10-15(19(14)16)20(21)25-26-22(28)18-12-17(23-24-18)13-6-2-1-3-7-13/h1-12H,(H,23,24)(H,26,28)/b25-20-. The molecule has 2 N–H and O–H groups in total. The summed E-state index contributed by atoms with van der Waals surface area (Å²) in [6.45, 7) is 0. The molecule has 3 aromatic carbocycles. The maximum Gasteiger partial charge on any atom is 0.289 e. The van der Waals surface area contributed by atoms with Crippen molar-refractivity contribution in [3.8, 4) is 11.3 Å². The van der Waals surface area contributed by atoms with Crippen molar-refractivity contribution < 1.29 is 9.59 Å². The van der Waals surface area contributed by atoms with Gasteiger partial charge in [0.2, 0.25) is 5.78 Å². The molecule has 134 valence electrons. The van der Waals surface area contributed by atoms with Crippen LogP contribution in [0.25, 0.3) is 22.0 Å². The molecule has 1 aliphatic rings. The van der Waals surface area contributed by atoms with Crippen LogP contribution in [0.2, 0.25) is 0 Å². The van der Waals surface area contributed by atoms with Gasteiger partial charge >= 0.3 is 0 Å². The van der Waals surface area contributed by atoms with Crippen LogP contribution in [0.15, 0.2) is 77.9 Å². The molecule has 0 aliphatic heterocycles. The molecule has 0 bridgehead atoms. The van der Waals surface area contributed by atoms with Crippen LogP contribution in [0, 0.1) is 0 Å². The average molecular weight is 366 g/mol. The Morgan fingerprint density at radius 1 is 0.929 bits per heavy atom. The molecule has 4 aromatic rings. The number of benzene rings is 3. The van der Waals surface area contributed by atoms with Gasteiger partial charge in [-0.25, -0.2) is 5.43 Å². The zero-order valence-corrected chi connectivity index (χ0v) is 14.6. The molecule has 28 heavy (non-hydrogen) atoms. The number of H-pyrrole nitrogens is 1. The molecule has 1 aromatic heterocycles. The van der Waals surface area contributed by atoms with Gasteiger partial charge in [-0.05, 0) is 11.5 Å². The number of rotatable bonds is 3. The summed E-state index contributed by atoms with van der Waals surface area (Å²) >= 11 is 0. The Morgan fingerprint density at radius 2 is 1.68 bits per heavy atom. The quantitative estimate of drug-likeness (QED) is 0.544. The Balaban J connectivity index is 1.43. The topological polar surface area (TPSA) is 87.2 Å². The summed E-state index contributed by atoms with van der Waals surface area (Å²) in [4.78, 5) is 25.2. The fourth-order valence-electron chi connectivity index (χ4n) is 3.45. The summed E-state index contributed by atoms with van der Waals surface area (Å²) < 4.78 is 0. The van der Waals surface area contributed by atoms with E-state index in [2.05, 4.69) is 20.7 Å². The van der Waals surface area contributed by atoms with Gasteiger partial charge in [0.1, 0.15) is 11.4 Å². The summed E-state index contributed by atoms with van der Waals surface area (Å²) in [5, 5.41) is 12.8. The lowest BCUT2D eigenvalue weighted by Gasteiger charge is -2.00. The number of hydrogen-bond donors (Lipinski definition) is 2. The van der Waals surface area contributed by atoms with Crippen molar-refractivity contribution in [2.75, 3.05) is 0 Å². The van der Waals surface area contributed by atoms with E-state index in [0.29, 0.717) is 11.3 Å². The van der Waals surface area contributed by atoms with E-state index in [1.807, 2.05) is 60.7 Å². The van der Waals surface area contributed by atoms with Crippen LogP contribution < -0.4 is 5.43 Å². The molecule has 5 rings (SSSR count).